The van der Waals surface area contributed by atoms with Crippen LogP contribution in [0.15, 0.2) is 60.9 Å². The number of hydrogen-bond acceptors (Lipinski definition) is 4. The van der Waals surface area contributed by atoms with E-state index in [-0.39, 0.29) is 11.3 Å². The first-order valence-electron chi connectivity index (χ1n) is 7.58. The minimum absolute atomic E-state index is 0.0608. The van der Waals surface area contributed by atoms with Gasteiger partial charge in [-0.1, -0.05) is 24.3 Å². The molecule has 126 valence electrons. The van der Waals surface area contributed by atoms with Crippen LogP contribution in [-0.2, 0) is 13.0 Å². The second-order valence-electron chi connectivity index (χ2n) is 5.57. The van der Waals surface area contributed by atoms with E-state index >= 15 is 0 Å². The fourth-order valence-corrected chi connectivity index (χ4v) is 2.52. The van der Waals surface area contributed by atoms with E-state index in [9.17, 15) is 14.9 Å². The Hall–Kier alpha value is -3.48. The number of nitrogens with zero attached hydrogens (tertiary/aromatic N) is 3. The molecule has 3 rings (SSSR count). The van der Waals surface area contributed by atoms with Crippen LogP contribution in [0.3, 0.4) is 0 Å². The van der Waals surface area contributed by atoms with Crippen LogP contribution in [-0.4, -0.2) is 25.6 Å². The summed E-state index contributed by atoms with van der Waals surface area (Å²) < 4.78 is 1.97. The van der Waals surface area contributed by atoms with E-state index in [1.54, 1.807) is 42.6 Å². The highest BCUT2D eigenvalue weighted by Crippen LogP contribution is 2.15. The van der Waals surface area contributed by atoms with Crippen molar-refractivity contribution < 1.29 is 14.8 Å². The van der Waals surface area contributed by atoms with Crippen molar-refractivity contribution in [2.75, 3.05) is 0 Å². The average molecular weight is 337 g/mol. The summed E-state index contributed by atoms with van der Waals surface area (Å²) in [6, 6.07) is 13.1. The van der Waals surface area contributed by atoms with Gasteiger partial charge in [0.05, 0.1) is 10.5 Å². The third-order valence-electron chi connectivity index (χ3n) is 3.86. The van der Waals surface area contributed by atoms with Crippen molar-refractivity contribution in [2.24, 2.45) is 0 Å². The molecule has 1 N–H and O–H groups in total. The van der Waals surface area contributed by atoms with Crippen LogP contribution in [0.4, 0.5) is 5.69 Å². The number of non-ortho nitro benzene ring substituents is 1. The summed E-state index contributed by atoms with van der Waals surface area (Å²) in [5.74, 6) is -0.121. The lowest BCUT2D eigenvalue weighted by Crippen LogP contribution is -2.06. The first kappa shape index (κ1) is 16.4. The van der Waals surface area contributed by atoms with Gasteiger partial charge < -0.3 is 9.67 Å². The van der Waals surface area contributed by atoms with Crippen molar-refractivity contribution >= 4 is 11.7 Å². The first-order chi connectivity index (χ1) is 12.0. The molecule has 0 aliphatic heterocycles. The van der Waals surface area contributed by atoms with Gasteiger partial charge in [-0.3, -0.25) is 10.1 Å². The maximum absolute atomic E-state index is 10.9. The average Bonchev–Trinajstić information content (AvgIpc) is 3.02. The van der Waals surface area contributed by atoms with E-state index in [4.69, 9.17) is 5.11 Å². The van der Waals surface area contributed by atoms with Gasteiger partial charge in [0.1, 0.15) is 5.82 Å². The van der Waals surface area contributed by atoms with Gasteiger partial charge in [0.15, 0.2) is 0 Å². The number of aromatic carboxylic acids is 1. The molecule has 0 fully saturated rings. The molecule has 0 aliphatic rings. The molecule has 0 spiro atoms. The Labute approximate surface area is 143 Å². The number of carboxylic acids is 1. The quantitative estimate of drug-likeness (QED) is 0.550. The Morgan fingerprint density at radius 3 is 2.32 bits per heavy atom. The summed E-state index contributed by atoms with van der Waals surface area (Å²) in [6.07, 6.45) is 4.11. The first-order valence-corrected chi connectivity index (χ1v) is 7.58. The van der Waals surface area contributed by atoms with Crippen molar-refractivity contribution in [1.82, 2.24) is 9.55 Å². The van der Waals surface area contributed by atoms with Crippen molar-refractivity contribution in [1.29, 1.82) is 0 Å². The van der Waals surface area contributed by atoms with Gasteiger partial charge in [-0.25, -0.2) is 9.78 Å². The number of nitro groups is 1. The second-order valence-corrected chi connectivity index (χ2v) is 5.57. The van der Waals surface area contributed by atoms with E-state index in [0.29, 0.717) is 13.0 Å². The lowest BCUT2D eigenvalue weighted by atomic mass is 10.1. The van der Waals surface area contributed by atoms with Gasteiger partial charge in [-0.15, -0.1) is 0 Å². The molecule has 0 amide bonds. The van der Waals surface area contributed by atoms with Crippen molar-refractivity contribution in [3.05, 3.63) is 93.6 Å². The van der Waals surface area contributed by atoms with E-state index in [1.807, 2.05) is 10.8 Å². The molecule has 25 heavy (non-hydrogen) atoms. The molecular weight excluding hydrogens is 322 g/mol. The summed E-state index contributed by atoms with van der Waals surface area (Å²) in [7, 11) is 0. The molecule has 2 aromatic carbocycles. The van der Waals surface area contributed by atoms with Crippen molar-refractivity contribution in [3.8, 4) is 0 Å². The highest BCUT2D eigenvalue weighted by molar-refractivity contribution is 5.87. The zero-order valence-corrected chi connectivity index (χ0v) is 13.2. The summed E-state index contributed by atoms with van der Waals surface area (Å²) in [6.45, 7) is 0.572. The molecule has 0 bridgehead atoms. The highest BCUT2D eigenvalue weighted by atomic mass is 16.6. The second kappa shape index (κ2) is 6.96. The molecule has 0 aliphatic carbocycles. The number of hydrogen-bond donors (Lipinski definition) is 1. The van der Waals surface area contributed by atoms with E-state index in [1.165, 1.54) is 12.1 Å². The summed E-state index contributed by atoms with van der Waals surface area (Å²) in [4.78, 5) is 25.5. The monoisotopic (exact) mass is 337 g/mol. The van der Waals surface area contributed by atoms with Gasteiger partial charge in [0.2, 0.25) is 0 Å². The largest absolute Gasteiger partial charge is 0.478 e. The smallest absolute Gasteiger partial charge is 0.335 e. The van der Waals surface area contributed by atoms with Gasteiger partial charge >= 0.3 is 5.97 Å². The van der Waals surface area contributed by atoms with Crippen molar-refractivity contribution in [2.45, 2.75) is 13.0 Å². The summed E-state index contributed by atoms with van der Waals surface area (Å²) in [5, 5.41) is 19.6. The molecule has 0 unspecified atom stereocenters. The third-order valence-corrected chi connectivity index (χ3v) is 3.86. The molecule has 7 nitrogen and oxygen atoms in total. The van der Waals surface area contributed by atoms with Crippen LogP contribution in [0.2, 0.25) is 0 Å². The van der Waals surface area contributed by atoms with E-state index in [2.05, 4.69) is 4.98 Å². The molecule has 0 saturated carbocycles. The fourth-order valence-electron chi connectivity index (χ4n) is 2.52. The number of benzene rings is 2. The molecule has 7 heteroatoms. The lowest BCUT2D eigenvalue weighted by molar-refractivity contribution is -0.384. The predicted molar refractivity (Wildman–Crippen MR) is 90.6 cm³/mol. The zero-order chi connectivity index (χ0) is 17.8. The van der Waals surface area contributed by atoms with Crippen LogP contribution in [0.25, 0.3) is 0 Å². The molecule has 0 saturated heterocycles. The maximum Gasteiger partial charge on any atom is 0.335 e. The van der Waals surface area contributed by atoms with Crippen LogP contribution in [0, 0.1) is 10.1 Å². The Morgan fingerprint density at radius 2 is 1.72 bits per heavy atom. The Kier molecular flexibility index (Phi) is 4.56. The van der Waals surface area contributed by atoms with Gasteiger partial charge in [-0.05, 0) is 23.3 Å². The topological polar surface area (TPSA) is 98.3 Å². The van der Waals surface area contributed by atoms with Crippen molar-refractivity contribution in [3.63, 3.8) is 0 Å². The Bertz CT molecular complexity index is 825. The van der Waals surface area contributed by atoms with Crippen LogP contribution >= 0.6 is 0 Å². The highest BCUT2D eigenvalue weighted by Gasteiger charge is 2.08. The van der Waals surface area contributed by atoms with Crippen LogP contribution in [0.5, 0.6) is 0 Å². The number of imidazole rings is 1. The molecule has 0 radical (unpaired) electrons. The molecular formula is C18H15N3O4. The number of nitro benzene ring substituents is 1. The van der Waals surface area contributed by atoms with E-state index in [0.717, 1.165) is 17.0 Å². The fraction of sp³-hybridized carbons (Fsp3) is 0.111. The normalized spacial score (nSPS) is 10.6. The number of carboxylic acid groups (broad SMARTS) is 1. The molecule has 1 heterocycles. The van der Waals surface area contributed by atoms with Gasteiger partial charge in [0.25, 0.3) is 5.69 Å². The Balaban J connectivity index is 1.74. The number of carbonyl (C=O) groups is 1. The summed E-state index contributed by atoms with van der Waals surface area (Å²) in [5.41, 5.74) is 2.21. The van der Waals surface area contributed by atoms with Crippen LogP contribution < -0.4 is 0 Å². The molecule has 3 aromatic rings. The Morgan fingerprint density at radius 1 is 1.08 bits per heavy atom. The number of rotatable bonds is 6. The van der Waals surface area contributed by atoms with Gasteiger partial charge in [0, 0.05) is 37.5 Å². The van der Waals surface area contributed by atoms with Gasteiger partial charge in [-0.2, -0.15) is 0 Å². The summed E-state index contributed by atoms with van der Waals surface area (Å²) >= 11 is 0. The zero-order valence-electron chi connectivity index (χ0n) is 13.2. The standard InChI is InChI=1S/C18H15N3O4/c22-18(23)15-5-1-14(2-6-15)12-20-10-9-19-17(20)11-13-3-7-16(8-4-13)21(24)25/h1-10H,11-12H2,(H,22,23). The SMILES string of the molecule is O=C(O)c1ccc(Cn2ccnc2Cc2ccc([N+](=O)[O-])cc2)cc1. The predicted octanol–water partition coefficient (Wildman–Crippen LogP) is 3.13. The van der Waals surface area contributed by atoms with E-state index < -0.39 is 10.9 Å². The number of aromatic nitrogens is 2. The minimum Gasteiger partial charge on any atom is -0.478 e. The maximum atomic E-state index is 10.9. The molecule has 0 atom stereocenters. The van der Waals surface area contributed by atoms with Crippen LogP contribution in [0.1, 0.15) is 27.3 Å². The lowest BCUT2D eigenvalue weighted by Gasteiger charge is -2.08. The third kappa shape index (κ3) is 3.89. The molecule has 1 aromatic heterocycles. The minimum atomic E-state index is -0.951.